The van der Waals surface area contributed by atoms with Gasteiger partial charge in [-0.15, -0.1) is 0 Å². The van der Waals surface area contributed by atoms with E-state index in [0.717, 1.165) is 12.8 Å². The van der Waals surface area contributed by atoms with Crippen molar-refractivity contribution in [3.8, 4) is 0 Å². The number of likely N-dealkylation sites (tertiary alicyclic amines) is 1. The van der Waals surface area contributed by atoms with E-state index in [1.54, 1.807) is 58.0 Å². The number of ketones is 1. The molecule has 1 amide bonds. The van der Waals surface area contributed by atoms with E-state index in [-0.39, 0.29) is 23.4 Å². The molecule has 1 N–H and O–H groups in total. The minimum Gasteiger partial charge on any atom is -0.456 e. The largest absolute Gasteiger partial charge is 0.456 e. The number of carbonyl (C=O) groups excluding carboxylic acids is 3. The Bertz CT molecular complexity index is 1420. The van der Waals surface area contributed by atoms with Crippen molar-refractivity contribution in [2.24, 2.45) is 0 Å². The number of esters is 1. The number of hydrogen-bond donors (Lipinski definition) is 1. The number of Topliss-reactive ketones (excluding diaryl/α,β-unsaturated/α-hetero) is 1. The Balaban J connectivity index is 1.31. The summed E-state index contributed by atoms with van der Waals surface area (Å²) >= 11 is 0. The summed E-state index contributed by atoms with van der Waals surface area (Å²) in [5.41, 5.74) is 1.77. The van der Waals surface area contributed by atoms with Crippen molar-refractivity contribution in [2.45, 2.75) is 19.4 Å². The van der Waals surface area contributed by atoms with Crippen molar-refractivity contribution in [3.63, 3.8) is 0 Å². The number of aromatic nitrogens is 2. The molecule has 2 aromatic heterocycles. The predicted octanol–water partition coefficient (Wildman–Crippen LogP) is 3.14. The van der Waals surface area contributed by atoms with Gasteiger partial charge in [-0.25, -0.2) is 0 Å². The lowest BCUT2D eigenvalue weighted by molar-refractivity contribution is -0.143. The second-order valence-electron chi connectivity index (χ2n) is 8.33. The summed E-state index contributed by atoms with van der Waals surface area (Å²) in [6, 6.07) is 15.7. The van der Waals surface area contributed by atoms with Gasteiger partial charge < -0.3 is 19.2 Å². The zero-order chi connectivity index (χ0) is 23.7. The van der Waals surface area contributed by atoms with Crippen molar-refractivity contribution in [3.05, 3.63) is 82.3 Å². The van der Waals surface area contributed by atoms with E-state index in [4.69, 9.17) is 4.74 Å². The van der Waals surface area contributed by atoms with E-state index >= 15 is 0 Å². The number of benzene rings is 2. The Morgan fingerprint density at radius 3 is 2.18 bits per heavy atom. The fraction of sp³-hybridized carbons (Fsp3) is 0.231. The van der Waals surface area contributed by atoms with Crippen molar-refractivity contribution < 1.29 is 19.1 Å². The lowest BCUT2D eigenvalue weighted by Gasteiger charge is -2.14. The van der Waals surface area contributed by atoms with Crippen LogP contribution in [0.4, 0.5) is 0 Å². The fourth-order valence-corrected chi connectivity index (χ4v) is 4.42. The van der Waals surface area contributed by atoms with Crippen LogP contribution < -0.4 is 5.43 Å². The molecule has 2 aromatic carbocycles. The van der Waals surface area contributed by atoms with Crippen molar-refractivity contribution in [1.82, 2.24) is 14.5 Å². The highest BCUT2D eigenvalue weighted by Gasteiger charge is 2.22. The first kappa shape index (κ1) is 21.6. The number of hydrogen-bond acceptors (Lipinski definition) is 5. The highest BCUT2D eigenvalue weighted by atomic mass is 16.5. The molecule has 4 aromatic rings. The average molecular weight is 457 g/mol. The van der Waals surface area contributed by atoms with Crippen LogP contribution >= 0.6 is 0 Å². The van der Waals surface area contributed by atoms with Gasteiger partial charge in [0.1, 0.15) is 12.2 Å². The first-order chi connectivity index (χ1) is 16.5. The van der Waals surface area contributed by atoms with Crippen LogP contribution in [-0.4, -0.2) is 51.8 Å². The Kier molecular flexibility index (Phi) is 5.71. The molecule has 0 spiro atoms. The quantitative estimate of drug-likeness (QED) is 0.272. The van der Waals surface area contributed by atoms with E-state index < -0.39 is 18.4 Å². The van der Waals surface area contributed by atoms with Crippen LogP contribution in [-0.2, 0) is 16.1 Å². The molecule has 8 heteroatoms. The molecular formula is C26H23N3O5. The van der Waals surface area contributed by atoms with Crippen molar-refractivity contribution in [2.75, 3.05) is 19.7 Å². The second kappa shape index (κ2) is 8.97. The van der Waals surface area contributed by atoms with Gasteiger partial charge in [-0.05, 0) is 43.2 Å². The van der Waals surface area contributed by atoms with Gasteiger partial charge >= 0.3 is 5.97 Å². The highest BCUT2D eigenvalue weighted by molar-refractivity contribution is 6.01. The third-order valence-corrected chi connectivity index (χ3v) is 6.16. The van der Waals surface area contributed by atoms with E-state index in [1.165, 1.54) is 12.3 Å². The van der Waals surface area contributed by atoms with E-state index in [0.29, 0.717) is 40.6 Å². The smallest absolute Gasteiger partial charge is 0.326 e. The molecule has 1 fully saturated rings. The summed E-state index contributed by atoms with van der Waals surface area (Å²) < 4.78 is 6.99. The summed E-state index contributed by atoms with van der Waals surface area (Å²) in [6.07, 6.45) is 3.42. The molecule has 1 saturated heterocycles. The number of amides is 1. The van der Waals surface area contributed by atoms with Gasteiger partial charge in [0.2, 0.25) is 5.78 Å². The van der Waals surface area contributed by atoms with Crippen molar-refractivity contribution in [1.29, 1.82) is 0 Å². The van der Waals surface area contributed by atoms with Gasteiger partial charge in [0, 0.05) is 35.6 Å². The average Bonchev–Trinajstić information content (AvgIpc) is 3.58. The van der Waals surface area contributed by atoms with Crippen LogP contribution in [0.5, 0.6) is 0 Å². The Morgan fingerprint density at radius 2 is 1.53 bits per heavy atom. The normalized spacial score (nSPS) is 13.5. The molecule has 3 heterocycles. The summed E-state index contributed by atoms with van der Waals surface area (Å²) in [5.74, 6) is -1.14. The number of ether oxygens (including phenoxy) is 1. The molecule has 0 bridgehead atoms. The van der Waals surface area contributed by atoms with E-state index in [1.807, 2.05) is 0 Å². The molecule has 8 nitrogen and oxygen atoms in total. The number of para-hydroxylation sites is 2. The topological polar surface area (TPSA) is 101 Å². The summed E-state index contributed by atoms with van der Waals surface area (Å²) in [7, 11) is 0. The zero-order valence-corrected chi connectivity index (χ0v) is 18.5. The maximum absolute atomic E-state index is 12.8. The predicted molar refractivity (Wildman–Crippen MR) is 127 cm³/mol. The Hall–Kier alpha value is -4.20. The number of H-pyrrole nitrogens is 1. The molecule has 34 heavy (non-hydrogen) atoms. The van der Waals surface area contributed by atoms with Crippen LogP contribution in [0, 0.1) is 0 Å². The van der Waals surface area contributed by atoms with Gasteiger partial charge in [0.05, 0.1) is 11.0 Å². The fourth-order valence-electron chi connectivity index (χ4n) is 4.42. The molecule has 1 aliphatic rings. The lowest BCUT2D eigenvalue weighted by atomic mass is 10.1. The highest BCUT2D eigenvalue weighted by Crippen LogP contribution is 2.19. The molecule has 0 aliphatic carbocycles. The van der Waals surface area contributed by atoms with Gasteiger partial charge in [0.15, 0.2) is 12.0 Å². The number of fused-ring (bicyclic) bond motifs is 2. The maximum Gasteiger partial charge on any atom is 0.326 e. The summed E-state index contributed by atoms with van der Waals surface area (Å²) in [6.45, 7) is 0.838. The molecule has 0 unspecified atom stereocenters. The zero-order valence-electron chi connectivity index (χ0n) is 18.5. The molecule has 172 valence electrons. The minimum atomic E-state index is -0.601. The van der Waals surface area contributed by atoms with E-state index in [9.17, 15) is 19.2 Å². The third kappa shape index (κ3) is 3.98. The van der Waals surface area contributed by atoms with Gasteiger partial charge in [0.25, 0.3) is 5.91 Å². The Morgan fingerprint density at radius 1 is 0.912 bits per heavy atom. The van der Waals surface area contributed by atoms with Gasteiger partial charge in [-0.3, -0.25) is 19.2 Å². The first-order valence-corrected chi connectivity index (χ1v) is 11.2. The molecular weight excluding hydrogens is 434 g/mol. The van der Waals surface area contributed by atoms with Crippen LogP contribution in [0.2, 0.25) is 0 Å². The number of rotatable bonds is 6. The molecule has 0 atom stereocenters. The number of nitrogens with zero attached hydrogens (tertiary/aromatic N) is 2. The van der Waals surface area contributed by atoms with Crippen LogP contribution in [0.25, 0.3) is 21.8 Å². The molecule has 5 rings (SSSR count). The van der Waals surface area contributed by atoms with Crippen molar-refractivity contribution >= 4 is 39.5 Å². The number of pyridine rings is 1. The number of aromatic amines is 1. The standard InChI is InChI=1S/C26H23N3O5/c30-23(17-13-20(27-14-17)26(33)28-11-5-6-12-28)16-34-24(31)15-29-21-9-3-1-7-18(21)25(32)19-8-2-4-10-22(19)29/h1-4,7-10,13-14,27H,5-6,11-12,15-16H2. The third-order valence-electron chi connectivity index (χ3n) is 6.16. The molecule has 0 radical (unpaired) electrons. The van der Waals surface area contributed by atoms with Crippen LogP contribution in [0.15, 0.2) is 65.6 Å². The summed E-state index contributed by atoms with van der Waals surface area (Å²) in [5, 5.41) is 1.01. The second-order valence-corrected chi connectivity index (χ2v) is 8.33. The van der Waals surface area contributed by atoms with Gasteiger partial charge in [-0.2, -0.15) is 0 Å². The SMILES string of the molecule is O=C(Cn1c2ccccc2c(=O)c2ccccc21)OCC(=O)c1c[nH]c(C(=O)N2CCCC2)c1. The van der Waals surface area contributed by atoms with E-state index in [2.05, 4.69) is 4.98 Å². The van der Waals surface area contributed by atoms with Crippen LogP contribution in [0.1, 0.15) is 33.7 Å². The lowest BCUT2D eigenvalue weighted by Crippen LogP contribution is -2.27. The maximum atomic E-state index is 12.8. The van der Waals surface area contributed by atoms with Gasteiger partial charge in [-0.1, -0.05) is 24.3 Å². The number of carbonyl (C=O) groups is 3. The first-order valence-electron chi connectivity index (χ1n) is 11.2. The van der Waals surface area contributed by atoms with Crippen LogP contribution in [0.3, 0.4) is 0 Å². The minimum absolute atomic E-state index is 0.0993. The Labute approximate surface area is 194 Å². The summed E-state index contributed by atoms with van der Waals surface area (Å²) in [4.78, 5) is 55.1. The molecule has 0 saturated carbocycles. The monoisotopic (exact) mass is 457 g/mol. The number of nitrogens with one attached hydrogen (secondary N) is 1. The molecule has 1 aliphatic heterocycles.